The molecular weight excluding hydrogens is 261 g/mol. The van der Waals surface area contributed by atoms with Gasteiger partial charge in [0.15, 0.2) is 0 Å². The molecule has 1 saturated heterocycles. The average Bonchev–Trinajstić information content (AvgIpc) is 2.26. The van der Waals surface area contributed by atoms with E-state index in [0.717, 1.165) is 10.6 Å². The third-order valence-electron chi connectivity index (χ3n) is 2.49. The fourth-order valence-electron chi connectivity index (χ4n) is 1.52. The Labute approximate surface area is 97.2 Å². The number of carbonyl (C=O) groups is 1. The van der Waals surface area contributed by atoms with E-state index in [2.05, 4.69) is 0 Å². The third kappa shape index (κ3) is 4.60. The zero-order valence-electron chi connectivity index (χ0n) is 8.90. The molecule has 100 valence electrons. The predicted octanol–water partition coefficient (Wildman–Crippen LogP) is 0.294. The molecule has 1 N–H and O–H groups in total. The molecule has 0 saturated carbocycles. The Morgan fingerprint density at radius 3 is 2.24 bits per heavy atom. The van der Waals surface area contributed by atoms with Gasteiger partial charge >= 0.3 is 6.18 Å². The van der Waals surface area contributed by atoms with Gasteiger partial charge in [-0.3, -0.25) is 0 Å². The van der Waals surface area contributed by atoms with E-state index in [1.165, 1.54) is 4.72 Å². The van der Waals surface area contributed by atoms with Crippen molar-refractivity contribution in [3.8, 4) is 0 Å². The summed E-state index contributed by atoms with van der Waals surface area (Å²) in [5.74, 6) is -0.205. The first kappa shape index (κ1) is 14.4. The van der Waals surface area contributed by atoms with Gasteiger partial charge in [-0.1, -0.05) is 0 Å². The number of halogens is 3. The van der Waals surface area contributed by atoms with Crippen LogP contribution in [0.2, 0.25) is 0 Å². The lowest BCUT2D eigenvalue weighted by Crippen LogP contribution is -2.47. The molecule has 5 nitrogen and oxygen atoms in total. The lowest BCUT2D eigenvalue weighted by molar-refractivity contribution is -0.121. The summed E-state index contributed by atoms with van der Waals surface area (Å²) in [6.45, 7) is -1.45. The minimum absolute atomic E-state index is 0.0661. The fraction of sp³-hybridized carbons (Fsp3) is 0.875. The van der Waals surface area contributed by atoms with Gasteiger partial charge in [0.2, 0.25) is 0 Å². The van der Waals surface area contributed by atoms with Crippen LogP contribution in [0.5, 0.6) is 0 Å². The van der Waals surface area contributed by atoms with E-state index in [9.17, 15) is 26.4 Å². The Kier molecular flexibility index (Phi) is 4.50. The molecule has 1 rings (SSSR count). The lowest BCUT2D eigenvalue weighted by atomic mass is 10.0. The molecule has 0 atom stereocenters. The van der Waals surface area contributed by atoms with Crippen molar-refractivity contribution in [2.75, 3.05) is 19.6 Å². The summed E-state index contributed by atoms with van der Waals surface area (Å²) in [7, 11) is -4.10. The highest BCUT2D eigenvalue weighted by Crippen LogP contribution is 2.18. The standard InChI is InChI=1S/C8H13F3N2O3S/c9-8(10,11)6-12-17(15,16)13-3-1-7(5-14)2-4-13/h5,7,12H,1-4,6H2. The number of hydrogen-bond donors (Lipinski definition) is 1. The van der Waals surface area contributed by atoms with Crippen molar-refractivity contribution in [1.29, 1.82) is 0 Å². The van der Waals surface area contributed by atoms with Crippen LogP contribution in [0.3, 0.4) is 0 Å². The van der Waals surface area contributed by atoms with Crippen molar-refractivity contribution in [1.82, 2.24) is 9.03 Å². The minimum atomic E-state index is -4.58. The van der Waals surface area contributed by atoms with Crippen molar-refractivity contribution < 1.29 is 26.4 Å². The van der Waals surface area contributed by atoms with Crippen LogP contribution in [-0.2, 0) is 15.0 Å². The number of nitrogens with zero attached hydrogens (tertiary/aromatic N) is 1. The Bertz CT molecular complexity index is 361. The Morgan fingerprint density at radius 2 is 1.82 bits per heavy atom. The van der Waals surface area contributed by atoms with E-state index in [0.29, 0.717) is 12.8 Å². The molecule has 0 spiro atoms. The smallest absolute Gasteiger partial charge is 0.303 e. The first-order valence-electron chi connectivity index (χ1n) is 5.01. The number of piperidine rings is 1. The second kappa shape index (κ2) is 5.32. The highest BCUT2D eigenvalue weighted by molar-refractivity contribution is 7.87. The topological polar surface area (TPSA) is 66.5 Å². The molecular formula is C8H13F3N2O3S. The van der Waals surface area contributed by atoms with Crippen LogP contribution in [-0.4, -0.2) is 44.8 Å². The molecule has 0 radical (unpaired) electrons. The molecule has 0 aromatic rings. The molecule has 0 aromatic heterocycles. The van der Waals surface area contributed by atoms with E-state index in [1.54, 1.807) is 0 Å². The number of hydrogen-bond acceptors (Lipinski definition) is 3. The monoisotopic (exact) mass is 274 g/mol. The maximum Gasteiger partial charge on any atom is 0.402 e. The summed E-state index contributed by atoms with van der Waals surface area (Å²) in [6, 6.07) is 0. The summed E-state index contributed by atoms with van der Waals surface area (Å²) in [5.41, 5.74) is 0. The maximum atomic E-state index is 11.9. The molecule has 17 heavy (non-hydrogen) atoms. The van der Waals surface area contributed by atoms with Crippen molar-refractivity contribution in [3.63, 3.8) is 0 Å². The van der Waals surface area contributed by atoms with Crippen LogP contribution in [0, 0.1) is 5.92 Å². The number of rotatable bonds is 4. The van der Waals surface area contributed by atoms with E-state index >= 15 is 0 Å². The van der Waals surface area contributed by atoms with Crippen LogP contribution in [0.15, 0.2) is 0 Å². The molecule has 0 amide bonds. The van der Waals surface area contributed by atoms with Crippen molar-refractivity contribution in [2.45, 2.75) is 19.0 Å². The van der Waals surface area contributed by atoms with Crippen molar-refractivity contribution in [2.24, 2.45) is 5.92 Å². The van der Waals surface area contributed by atoms with Crippen LogP contribution < -0.4 is 4.72 Å². The molecule has 9 heteroatoms. The number of carbonyl (C=O) groups excluding carboxylic acids is 1. The number of aldehydes is 1. The van der Waals surface area contributed by atoms with Gasteiger partial charge in [0, 0.05) is 19.0 Å². The molecule has 0 aliphatic carbocycles. The molecule has 1 aliphatic rings. The van der Waals surface area contributed by atoms with E-state index in [4.69, 9.17) is 0 Å². The first-order chi connectivity index (χ1) is 7.74. The summed E-state index contributed by atoms with van der Waals surface area (Å²) in [6.07, 6.45) is -3.14. The molecule has 0 bridgehead atoms. The second-order valence-corrected chi connectivity index (χ2v) is 5.57. The lowest BCUT2D eigenvalue weighted by Gasteiger charge is -2.28. The van der Waals surface area contributed by atoms with E-state index in [-0.39, 0.29) is 19.0 Å². The summed E-state index contributed by atoms with van der Waals surface area (Å²) >= 11 is 0. The van der Waals surface area contributed by atoms with Gasteiger partial charge in [0.25, 0.3) is 10.2 Å². The molecule has 1 fully saturated rings. The van der Waals surface area contributed by atoms with Crippen molar-refractivity contribution in [3.05, 3.63) is 0 Å². The first-order valence-corrected chi connectivity index (χ1v) is 6.45. The predicted molar refractivity (Wildman–Crippen MR) is 53.3 cm³/mol. The largest absolute Gasteiger partial charge is 0.402 e. The van der Waals surface area contributed by atoms with E-state index < -0.39 is 22.9 Å². The molecule has 0 unspecified atom stereocenters. The average molecular weight is 274 g/mol. The van der Waals surface area contributed by atoms with Gasteiger partial charge in [-0.2, -0.15) is 30.6 Å². The summed E-state index contributed by atoms with van der Waals surface area (Å²) in [4.78, 5) is 10.4. The van der Waals surface area contributed by atoms with Crippen LogP contribution in [0.25, 0.3) is 0 Å². The third-order valence-corrected chi connectivity index (χ3v) is 4.04. The molecule has 0 aromatic carbocycles. The van der Waals surface area contributed by atoms with Gasteiger partial charge in [-0.25, -0.2) is 0 Å². The number of nitrogens with one attached hydrogen (secondary N) is 1. The van der Waals surface area contributed by atoms with Crippen LogP contribution in [0.1, 0.15) is 12.8 Å². The van der Waals surface area contributed by atoms with Crippen LogP contribution in [0.4, 0.5) is 13.2 Å². The van der Waals surface area contributed by atoms with Gasteiger partial charge in [0.05, 0.1) is 0 Å². The van der Waals surface area contributed by atoms with E-state index in [1.807, 2.05) is 0 Å². The summed E-state index contributed by atoms with van der Waals surface area (Å²) < 4.78 is 61.0. The van der Waals surface area contributed by atoms with Gasteiger partial charge < -0.3 is 4.79 Å². The van der Waals surface area contributed by atoms with Gasteiger partial charge in [-0.15, -0.1) is 0 Å². The highest BCUT2D eigenvalue weighted by atomic mass is 32.2. The zero-order chi connectivity index (χ0) is 13.1. The summed E-state index contributed by atoms with van der Waals surface area (Å²) in [5, 5.41) is 0. The second-order valence-electron chi connectivity index (χ2n) is 3.81. The van der Waals surface area contributed by atoms with Crippen LogP contribution >= 0.6 is 0 Å². The van der Waals surface area contributed by atoms with Gasteiger partial charge in [0.1, 0.15) is 12.8 Å². The Hall–Kier alpha value is -0.670. The number of alkyl halides is 3. The fourth-order valence-corrected chi connectivity index (χ4v) is 2.74. The normalized spacial score (nSPS) is 20.4. The maximum absolute atomic E-state index is 11.9. The quantitative estimate of drug-likeness (QED) is 0.749. The highest BCUT2D eigenvalue weighted by Gasteiger charge is 2.33. The molecule has 1 aliphatic heterocycles. The minimum Gasteiger partial charge on any atom is -0.303 e. The SMILES string of the molecule is O=CC1CCN(S(=O)(=O)NCC(F)(F)F)CC1. The van der Waals surface area contributed by atoms with Crippen molar-refractivity contribution >= 4 is 16.5 Å². The molecule has 1 heterocycles. The van der Waals surface area contributed by atoms with Gasteiger partial charge in [-0.05, 0) is 12.8 Å². The zero-order valence-corrected chi connectivity index (χ0v) is 9.72. The Balaban J connectivity index is 2.52. The Morgan fingerprint density at radius 1 is 1.29 bits per heavy atom.